The zero-order chi connectivity index (χ0) is 7.33. The third-order valence-electron chi connectivity index (χ3n) is 0.455. The lowest BCUT2D eigenvalue weighted by atomic mass is 10.9. The Hall–Kier alpha value is 0.920. The molecule has 2 nitrogen and oxygen atoms in total. The van der Waals surface area contributed by atoms with Gasteiger partial charge in [0.05, 0.1) is 7.98 Å². The summed E-state index contributed by atoms with van der Waals surface area (Å²) < 4.78 is 16.3. The van der Waals surface area contributed by atoms with Crippen LogP contribution in [0.25, 0.3) is 0 Å². The molecule has 0 N–H and O–H groups in total. The molecule has 0 saturated carbocycles. The average molecular weight is 173 g/mol. The van der Waals surface area contributed by atoms with Gasteiger partial charge in [0.1, 0.15) is 0 Å². The summed E-state index contributed by atoms with van der Waals surface area (Å²) in [4.78, 5) is 0. The van der Waals surface area contributed by atoms with Gasteiger partial charge in [-0.05, 0) is 18.7 Å². The lowest BCUT2D eigenvalue weighted by Crippen LogP contribution is -1.83. The van der Waals surface area contributed by atoms with E-state index in [1.54, 1.807) is 0 Å². The van der Waals surface area contributed by atoms with E-state index in [1.165, 1.54) is 0 Å². The molecule has 8 heavy (non-hydrogen) atoms. The fraction of sp³-hybridized carbons (Fsp3) is 1.00. The second-order valence-corrected chi connectivity index (χ2v) is 6.30. The van der Waals surface area contributed by atoms with E-state index in [4.69, 9.17) is 22.2 Å². The van der Waals surface area contributed by atoms with Crippen molar-refractivity contribution in [2.75, 3.05) is 13.7 Å². The Labute approximate surface area is 61.3 Å². The smallest absolute Gasteiger partial charge is 0.243 e. The number of hydrogen-bond acceptors (Lipinski definition) is 3. The van der Waals surface area contributed by atoms with Crippen LogP contribution in [0.5, 0.6) is 0 Å². The molecule has 0 saturated heterocycles. The fourth-order valence-electron chi connectivity index (χ4n) is 0.200. The topological polar surface area (TPSA) is 18.5 Å². The molecule has 0 radical (unpaired) electrons. The van der Waals surface area contributed by atoms with E-state index in [-0.39, 0.29) is 7.09 Å². The van der Waals surface area contributed by atoms with E-state index in [0.717, 1.165) is 0 Å². The highest BCUT2D eigenvalue weighted by Crippen LogP contribution is 2.52. The van der Waals surface area contributed by atoms with E-state index in [1.807, 2.05) is 6.92 Å². The standard InChI is InChI=1S/C3H9O2PS2/c1-3-5-6(7,8)4-2/h3H2,1-2H3,(H,7,8)/i2D. The predicted octanol–water partition coefficient (Wildman–Crippen LogP) is 1.82. The zero-order valence-corrected chi connectivity index (χ0v) is 7.14. The van der Waals surface area contributed by atoms with Gasteiger partial charge in [-0.2, -0.15) is 0 Å². The third-order valence-corrected chi connectivity index (χ3v) is 2.69. The van der Waals surface area contributed by atoms with Gasteiger partial charge in [-0.3, -0.25) is 0 Å². The van der Waals surface area contributed by atoms with E-state index in [0.29, 0.717) is 6.61 Å². The van der Waals surface area contributed by atoms with Crippen LogP contribution in [0.3, 0.4) is 0 Å². The van der Waals surface area contributed by atoms with Crippen molar-refractivity contribution in [2.24, 2.45) is 0 Å². The van der Waals surface area contributed by atoms with Crippen LogP contribution >= 0.6 is 17.9 Å². The first kappa shape index (κ1) is 7.03. The van der Waals surface area contributed by atoms with Gasteiger partial charge in [0.2, 0.25) is 5.69 Å². The van der Waals surface area contributed by atoms with Gasteiger partial charge in [-0.25, -0.2) is 0 Å². The maximum Gasteiger partial charge on any atom is 0.243 e. The average Bonchev–Trinajstić information content (AvgIpc) is 1.64. The van der Waals surface area contributed by atoms with Gasteiger partial charge >= 0.3 is 0 Å². The van der Waals surface area contributed by atoms with Gasteiger partial charge in [-0.15, -0.1) is 0 Å². The molecule has 0 rings (SSSR count). The molecule has 0 spiro atoms. The van der Waals surface area contributed by atoms with Crippen LogP contribution < -0.4 is 0 Å². The van der Waals surface area contributed by atoms with Gasteiger partial charge in [0, 0.05) is 7.09 Å². The van der Waals surface area contributed by atoms with Crippen molar-refractivity contribution in [3.05, 3.63) is 0 Å². The van der Waals surface area contributed by atoms with Crippen LogP contribution in [0.1, 0.15) is 8.29 Å². The Morgan fingerprint density at radius 2 is 2.62 bits per heavy atom. The van der Waals surface area contributed by atoms with Crippen LogP contribution in [0.2, 0.25) is 0 Å². The lowest BCUT2D eigenvalue weighted by Gasteiger charge is -2.10. The highest BCUT2D eigenvalue weighted by Gasteiger charge is 2.06. The number of rotatable bonds is 3. The van der Waals surface area contributed by atoms with Crippen molar-refractivity contribution >= 4 is 29.7 Å². The van der Waals surface area contributed by atoms with Crippen molar-refractivity contribution in [2.45, 2.75) is 6.92 Å². The highest BCUT2D eigenvalue weighted by molar-refractivity contribution is 8.60. The summed E-state index contributed by atoms with van der Waals surface area (Å²) in [5.41, 5.74) is -2.35. The summed E-state index contributed by atoms with van der Waals surface area (Å²) in [6.07, 6.45) is 0. The predicted molar refractivity (Wildman–Crippen MR) is 41.9 cm³/mol. The number of hydrogen-bond donors (Lipinski definition) is 1. The fourth-order valence-corrected chi connectivity index (χ4v) is 1.26. The molecular weight excluding hydrogens is 163 g/mol. The molecule has 0 aliphatic carbocycles. The van der Waals surface area contributed by atoms with Crippen molar-refractivity contribution in [3.8, 4) is 0 Å². The van der Waals surface area contributed by atoms with Gasteiger partial charge < -0.3 is 9.05 Å². The van der Waals surface area contributed by atoms with Crippen molar-refractivity contribution in [1.82, 2.24) is 0 Å². The second kappa shape index (κ2) is 3.85. The lowest BCUT2D eigenvalue weighted by molar-refractivity contribution is 0.310. The Morgan fingerprint density at radius 3 is 3.00 bits per heavy atom. The van der Waals surface area contributed by atoms with E-state index in [9.17, 15) is 0 Å². The molecule has 0 aromatic heterocycles. The Balaban J connectivity index is 3.58. The van der Waals surface area contributed by atoms with Crippen molar-refractivity contribution in [3.63, 3.8) is 0 Å². The molecule has 0 aromatic carbocycles. The number of thiol groups is 1. The van der Waals surface area contributed by atoms with Gasteiger partial charge in [0.25, 0.3) is 0 Å². The van der Waals surface area contributed by atoms with Crippen LogP contribution in [0, 0.1) is 0 Å². The second-order valence-electron chi connectivity index (χ2n) is 1.02. The molecule has 0 bridgehead atoms. The minimum atomic E-state index is -2.35. The Morgan fingerprint density at radius 1 is 2.00 bits per heavy atom. The quantitative estimate of drug-likeness (QED) is 0.518. The summed E-state index contributed by atoms with van der Waals surface area (Å²) in [7, 11) is -0.180. The summed E-state index contributed by atoms with van der Waals surface area (Å²) in [5.74, 6) is 0. The summed E-state index contributed by atoms with van der Waals surface area (Å²) in [6, 6.07) is 0. The van der Waals surface area contributed by atoms with E-state index < -0.39 is 5.69 Å². The van der Waals surface area contributed by atoms with Gasteiger partial charge in [-0.1, -0.05) is 12.2 Å². The van der Waals surface area contributed by atoms with Crippen LogP contribution in [-0.4, -0.2) is 13.7 Å². The molecular formula is C3H9O2PS2. The van der Waals surface area contributed by atoms with Crippen molar-refractivity contribution < 1.29 is 10.4 Å². The largest absolute Gasteiger partial charge is 0.325 e. The molecule has 0 heterocycles. The molecule has 1 unspecified atom stereocenters. The Kier molecular flexibility index (Phi) is 3.39. The molecule has 0 aromatic rings. The SMILES string of the molecule is [2H]COP(=S)(S)OCC. The van der Waals surface area contributed by atoms with E-state index >= 15 is 0 Å². The minimum absolute atomic E-state index is 0.180. The van der Waals surface area contributed by atoms with Crippen LogP contribution in [-0.2, 0) is 20.9 Å². The first-order valence-electron chi connectivity index (χ1n) is 2.74. The minimum Gasteiger partial charge on any atom is -0.325 e. The third kappa shape index (κ3) is 3.87. The summed E-state index contributed by atoms with van der Waals surface area (Å²) in [5, 5.41) is 0. The molecule has 50 valence electrons. The van der Waals surface area contributed by atoms with Crippen LogP contribution in [0.15, 0.2) is 0 Å². The molecule has 1 atom stereocenters. The van der Waals surface area contributed by atoms with Gasteiger partial charge in [0.15, 0.2) is 0 Å². The zero-order valence-electron chi connectivity index (χ0n) is 5.53. The first-order chi connectivity index (χ1) is 4.12. The first-order valence-corrected chi connectivity index (χ1v) is 5.82. The maximum absolute atomic E-state index is 6.65. The van der Waals surface area contributed by atoms with Crippen LogP contribution in [0.4, 0.5) is 0 Å². The van der Waals surface area contributed by atoms with Crippen molar-refractivity contribution in [1.29, 1.82) is 0 Å². The summed E-state index contributed by atoms with van der Waals surface area (Å²) >= 11 is 8.66. The molecule has 0 fully saturated rings. The highest BCUT2D eigenvalue weighted by atomic mass is 32.9. The molecule has 5 heteroatoms. The summed E-state index contributed by atoms with van der Waals surface area (Å²) in [6.45, 7) is 2.30. The molecule has 0 amide bonds. The maximum atomic E-state index is 6.65. The molecule has 0 aliphatic rings. The Bertz CT molecular complexity index is 110. The van der Waals surface area contributed by atoms with E-state index in [2.05, 4.69) is 12.2 Å². The normalized spacial score (nSPS) is 19.5. The molecule has 0 aliphatic heterocycles. The monoisotopic (exact) mass is 173 g/mol.